The van der Waals surface area contributed by atoms with E-state index in [0.717, 1.165) is 4.68 Å². The predicted molar refractivity (Wildman–Crippen MR) is 51.4 cm³/mol. The lowest BCUT2D eigenvalue weighted by molar-refractivity contribution is 0.0684. The summed E-state index contributed by atoms with van der Waals surface area (Å²) in [4.78, 5) is 33.5. The summed E-state index contributed by atoms with van der Waals surface area (Å²) in [6, 6.07) is -0.876. The smallest absolute Gasteiger partial charge is 0.357 e. The van der Waals surface area contributed by atoms with E-state index in [2.05, 4.69) is 5.10 Å². The van der Waals surface area contributed by atoms with E-state index in [0.29, 0.717) is 18.5 Å². The number of fused-ring (bicyclic) bond motifs is 1. The molecule has 1 aliphatic rings. The van der Waals surface area contributed by atoms with Crippen LogP contribution in [-0.4, -0.2) is 32.7 Å². The summed E-state index contributed by atoms with van der Waals surface area (Å²) in [6.45, 7) is 0. The molecule has 7 nitrogen and oxygen atoms in total. The van der Waals surface area contributed by atoms with E-state index in [4.69, 9.17) is 10.8 Å². The van der Waals surface area contributed by atoms with Crippen LogP contribution in [0.3, 0.4) is 0 Å². The molecule has 2 rings (SSSR count). The van der Waals surface area contributed by atoms with Gasteiger partial charge in [-0.25, -0.2) is 9.59 Å². The minimum absolute atomic E-state index is 0.0255. The third-order valence-electron chi connectivity index (χ3n) is 2.49. The first-order valence-electron chi connectivity index (χ1n) is 4.70. The number of carbonyl (C=O) groups is 3. The molecular weight excluding hydrogens is 214 g/mol. The summed E-state index contributed by atoms with van der Waals surface area (Å²) >= 11 is 0. The summed E-state index contributed by atoms with van der Waals surface area (Å²) in [6.07, 6.45) is 1.28. The molecular formula is C9H9N3O4. The van der Waals surface area contributed by atoms with Gasteiger partial charge in [0.05, 0.1) is 11.3 Å². The van der Waals surface area contributed by atoms with Gasteiger partial charge in [0.1, 0.15) is 0 Å². The molecule has 0 fully saturated rings. The van der Waals surface area contributed by atoms with Gasteiger partial charge in [-0.1, -0.05) is 0 Å². The highest BCUT2D eigenvalue weighted by atomic mass is 16.4. The Morgan fingerprint density at radius 2 is 2.06 bits per heavy atom. The molecule has 0 atom stereocenters. The van der Waals surface area contributed by atoms with Crippen molar-refractivity contribution in [2.75, 3.05) is 0 Å². The molecule has 0 unspecified atom stereocenters. The fourth-order valence-electron chi connectivity index (χ4n) is 1.85. The zero-order chi connectivity index (χ0) is 11.9. The Morgan fingerprint density at radius 1 is 1.38 bits per heavy atom. The Morgan fingerprint density at radius 3 is 2.62 bits per heavy atom. The standard InChI is InChI=1S/C9H9N3O4/c10-9(16)12-4-2-1-3-5(13)6(4)7(11-12)8(14)15/h1-3H2,(H2,10,16)(H,14,15). The van der Waals surface area contributed by atoms with E-state index in [9.17, 15) is 14.4 Å². The van der Waals surface area contributed by atoms with Crippen LogP contribution in [0.5, 0.6) is 0 Å². The van der Waals surface area contributed by atoms with Gasteiger partial charge in [0.25, 0.3) is 0 Å². The Bertz CT molecular complexity index is 503. The molecule has 0 aliphatic heterocycles. The maximum atomic E-state index is 11.6. The Labute approximate surface area is 89.8 Å². The van der Waals surface area contributed by atoms with Crippen LogP contribution in [0.2, 0.25) is 0 Å². The monoisotopic (exact) mass is 223 g/mol. The van der Waals surface area contributed by atoms with E-state index >= 15 is 0 Å². The van der Waals surface area contributed by atoms with Crippen LogP contribution in [0.1, 0.15) is 39.4 Å². The van der Waals surface area contributed by atoms with Crippen molar-refractivity contribution in [1.82, 2.24) is 9.78 Å². The molecule has 1 heterocycles. The Balaban J connectivity index is 2.69. The molecule has 0 saturated heterocycles. The molecule has 0 radical (unpaired) electrons. The van der Waals surface area contributed by atoms with Gasteiger partial charge in [0.2, 0.25) is 0 Å². The number of nitrogens with zero attached hydrogens (tertiary/aromatic N) is 2. The van der Waals surface area contributed by atoms with Crippen LogP contribution >= 0.6 is 0 Å². The first kappa shape index (κ1) is 10.3. The molecule has 7 heteroatoms. The highest BCUT2D eigenvalue weighted by Gasteiger charge is 2.31. The lowest BCUT2D eigenvalue weighted by Crippen LogP contribution is -2.24. The SMILES string of the molecule is NC(=O)n1nc(C(=O)O)c2c1CCCC2=O. The second-order valence-corrected chi connectivity index (χ2v) is 3.50. The number of carboxylic acids is 1. The molecule has 1 aromatic heterocycles. The van der Waals surface area contributed by atoms with Crippen LogP contribution in [0.4, 0.5) is 4.79 Å². The second-order valence-electron chi connectivity index (χ2n) is 3.50. The van der Waals surface area contributed by atoms with Gasteiger partial charge in [-0.05, 0) is 12.8 Å². The zero-order valence-electron chi connectivity index (χ0n) is 8.27. The average Bonchev–Trinajstić information content (AvgIpc) is 2.58. The van der Waals surface area contributed by atoms with E-state index in [-0.39, 0.29) is 17.8 Å². The van der Waals surface area contributed by atoms with Gasteiger partial charge in [-0.2, -0.15) is 9.78 Å². The molecule has 1 aromatic rings. The summed E-state index contributed by atoms with van der Waals surface area (Å²) in [7, 11) is 0. The lowest BCUT2D eigenvalue weighted by atomic mass is 9.94. The number of carboxylic acid groups (broad SMARTS) is 1. The third kappa shape index (κ3) is 1.37. The van der Waals surface area contributed by atoms with Crippen molar-refractivity contribution in [3.8, 4) is 0 Å². The number of hydrogen-bond donors (Lipinski definition) is 2. The molecule has 0 bridgehead atoms. The van der Waals surface area contributed by atoms with Gasteiger partial charge >= 0.3 is 12.0 Å². The fraction of sp³-hybridized carbons (Fsp3) is 0.333. The number of carbonyl (C=O) groups excluding carboxylic acids is 2. The van der Waals surface area contributed by atoms with Crippen LogP contribution in [0.15, 0.2) is 0 Å². The molecule has 3 N–H and O–H groups in total. The van der Waals surface area contributed by atoms with Crippen LogP contribution in [-0.2, 0) is 6.42 Å². The van der Waals surface area contributed by atoms with E-state index in [1.165, 1.54) is 0 Å². The van der Waals surface area contributed by atoms with Crippen molar-refractivity contribution < 1.29 is 19.5 Å². The molecule has 0 aromatic carbocycles. The van der Waals surface area contributed by atoms with Gasteiger partial charge in [0, 0.05) is 6.42 Å². The largest absolute Gasteiger partial charge is 0.476 e. The third-order valence-corrected chi connectivity index (χ3v) is 2.49. The number of rotatable bonds is 1. The summed E-state index contributed by atoms with van der Waals surface area (Å²) in [5.41, 5.74) is 5.00. The van der Waals surface area contributed by atoms with Crippen molar-refractivity contribution in [3.63, 3.8) is 0 Å². The van der Waals surface area contributed by atoms with Gasteiger partial charge < -0.3 is 10.8 Å². The Kier molecular flexibility index (Phi) is 2.22. The minimum Gasteiger partial charge on any atom is -0.476 e. The summed E-state index contributed by atoms with van der Waals surface area (Å²) in [5.74, 6) is -1.63. The van der Waals surface area contributed by atoms with Crippen molar-refractivity contribution in [2.45, 2.75) is 19.3 Å². The number of nitrogens with two attached hydrogens (primary N) is 1. The zero-order valence-corrected chi connectivity index (χ0v) is 8.27. The normalized spacial score (nSPS) is 14.6. The van der Waals surface area contributed by atoms with Gasteiger partial charge in [-0.3, -0.25) is 4.79 Å². The molecule has 0 saturated carbocycles. The molecule has 1 amide bonds. The van der Waals surface area contributed by atoms with E-state index in [1.807, 2.05) is 0 Å². The van der Waals surface area contributed by atoms with Gasteiger partial charge in [-0.15, -0.1) is 0 Å². The highest BCUT2D eigenvalue weighted by molar-refractivity contribution is 6.07. The van der Waals surface area contributed by atoms with Crippen LogP contribution in [0.25, 0.3) is 0 Å². The number of ketones is 1. The molecule has 16 heavy (non-hydrogen) atoms. The van der Waals surface area contributed by atoms with Crippen molar-refractivity contribution in [3.05, 3.63) is 17.0 Å². The highest BCUT2D eigenvalue weighted by Crippen LogP contribution is 2.24. The second kappa shape index (κ2) is 3.44. The van der Waals surface area contributed by atoms with Crippen molar-refractivity contribution >= 4 is 17.8 Å². The van der Waals surface area contributed by atoms with E-state index < -0.39 is 17.7 Å². The number of amides is 1. The number of aromatic nitrogens is 2. The van der Waals surface area contributed by atoms with Crippen LogP contribution in [0, 0.1) is 0 Å². The number of primary amides is 1. The fourth-order valence-corrected chi connectivity index (χ4v) is 1.85. The summed E-state index contributed by atoms with van der Waals surface area (Å²) < 4.78 is 0.801. The van der Waals surface area contributed by atoms with Crippen LogP contribution < -0.4 is 5.73 Å². The lowest BCUT2D eigenvalue weighted by Gasteiger charge is -2.10. The number of hydrogen-bond acceptors (Lipinski definition) is 4. The number of Topliss-reactive ketones (excluding diaryl/α,β-unsaturated/α-hetero) is 1. The molecule has 0 spiro atoms. The first-order chi connectivity index (χ1) is 7.52. The Hall–Kier alpha value is -2.18. The molecule has 1 aliphatic carbocycles. The van der Waals surface area contributed by atoms with E-state index in [1.54, 1.807) is 0 Å². The maximum absolute atomic E-state index is 11.6. The quantitative estimate of drug-likeness (QED) is 0.696. The van der Waals surface area contributed by atoms with Crippen molar-refractivity contribution in [2.24, 2.45) is 5.73 Å². The predicted octanol–water partition coefficient (Wildman–Crippen LogP) is 0.0271. The van der Waals surface area contributed by atoms with Crippen molar-refractivity contribution in [1.29, 1.82) is 0 Å². The summed E-state index contributed by atoms with van der Waals surface area (Å²) in [5, 5.41) is 12.4. The first-order valence-corrected chi connectivity index (χ1v) is 4.70. The average molecular weight is 223 g/mol. The van der Waals surface area contributed by atoms with Gasteiger partial charge in [0.15, 0.2) is 11.5 Å². The number of aromatic carboxylic acids is 1. The minimum atomic E-state index is -1.33. The molecule has 84 valence electrons. The maximum Gasteiger partial charge on any atom is 0.357 e. The topological polar surface area (TPSA) is 115 Å².